The van der Waals surface area contributed by atoms with Crippen LogP contribution in [-0.2, 0) is 40.6 Å². The minimum atomic E-state index is -0.500. The van der Waals surface area contributed by atoms with Gasteiger partial charge in [0.2, 0.25) is 0 Å². The van der Waals surface area contributed by atoms with Crippen LogP contribution in [0.4, 0.5) is 0 Å². The smallest absolute Gasteiger partial charge is 0.554 e. The molecule has 0 unspecified atom stereocenters. The van der Waals surface area contributed by atoms with Crippen molar-refractivity contribution in [3.8, 4) is 0 Å². The van der Waals surface area contributed by atoms with E-state index in [-0.39, 0.29) is 19.5 Å². The summed E-state index contributed by atoms with van der Waals surface area (Å²) in [5, 5.41) is 16.5. The number of rotatable bonds is 5. The molecule has 118 valence electrons. The maximum absolute atomic E-state index is 8.25. The van der Waals surface area contributed by atoms with E-state index in [1.807, 2.05) is 21.6 Å². The van der Waals surface area contributed by atoms with E-state index in [1.54, 1.807) is 0 Å². The van der Waals surface area contributed by atoms with Crippen LogP contribution < -0.4 is 10.2 Å². The maximum atomic E-state index is 8.25. The Morgan fingerprint density at radius 3 is 1.22 bits per heavy atom. The van der Waals surface area contributed by atoms with Crippen LogP contribution in [0.3, 0.4) is 0 Å². The molecule has 0 spiro atoms. The first-order valence-electron chi connectivity index (χ1n) is 6.22. The molecule has 7 heteroatoms. The summed E-state index contributed by atoms with van der Waals surface area (Å²) in [6.07, 6.45) is 0. The summed E-state index contributed by atoms with van der Waals surface area (Å²) in [7, 11) is 3.84. The molecule has 0 atom stereocenters. The van der Waals surface area contributed by atoms with Crippen molar-refractivity contribution in [1.29, 1.82) is 0 Å². The number of benzene rings is 2. The third-order valence-corrected chi connectivity index (χ3v) is 4.50. The topological polar surface area (TPSA) is 80.3 Å². The Morgan fingerprint density at radius 2 is 0.957 bits per heavy atom. The molecule has 2 rings (SSSR count). The standard InChI is InChI=1S/C14H14S2.2CH2O2.Zn/c1-3-7-13(8-4-1)11-15-16-12-14-9-5-2-6-10-14;2*2-1-3;/h1-10H,11-12H2;2*1H,(H,2,3);/q;;;+2/p-2. The molecule has 0 aliphatic heterocycles. The molecule has 4 nitrogen and oxygen atoms in total. The Bertz CT molecular complexity index is 450. The van der Waals surface area contributed by atoms with Crippen molar-refractivity contribution in [3.05, 3.63) is 71.8 Å². The van der Waals surface area contributed by atoms with Gasteiger partial charge in [-0.05, 0) is 11.1 Å². The second-order valence-corrected chi connectivity index (χ2v) is 6.15. The van der Waals surface area contributed by atoms with E-state index in [0.29, 0.717) is 0 Å². The largest absolute Gasteiger partial charge is 2.00 e. The summed E-state index contributed by atoms with van der Waals surface area (Å²) in [5.41, 5.74) is 2.79. The third kappa shape index (κ3) is 15.4. The quantitative estimate of drug-likeness (QED) is 0.327. The summed E-state index contributed by atoms with van der Waals surface area (Å²) < 4.78 is 0. The molecule has 0 aliphatic carbocycles. The zero-order valence-corrected chi connectivity index (χ0v) is 17.1. The molecule has 2 aromatic rings. The molecule has 0 aromatic heterocycles. The Hall–Kier alpha value is -1.30. The van der Waals surface area contributed by atoms with Gasteiger partial charge in [-0.3, -0.25) is 0 Å². The van der Waals surface area contributed by atoms with Gasteiger partial charge in [-0.15, -0.1) is 0 Å². The first kappa shape index (κ1) is 24.0. The van der Waals surface area contributed by atoms with Gasteiger partial charge in [0, 0.05) is 24.5 Å². The van der Waals surface area contributed by atoms with Crippen LogP contribution in [0, 0.1) is 0 Å². The van der Waals surface area contributed by atoms with Gasteiger partial charge in [0.1, 0.15) is 0 Å². The summed E-state index contributed by atoms with van der Waals surface area (Å²) in [4.78, 5) is 16.5. The molecule has 0 N–H and O–H groups in total. The van der Waals surface area contributed by atoms with E-state index in [2.05, 4.69) is 60.7 Å². The Morgan fingerprint density at radius 1 is 0.696 bits per heavy atom. The molecule has 0 saturated carbocycles. The molecule has 0 aliphatic rings. The van der Waals surface area contributed by atoms with Gasteiger partial charge < -0.3 is 19.8 Å². The van der Waals surface area contributed by atoms with E-state index in [0.717, 1.165) is 11.5 Å². The van der Waals surface area contributed by atoms with Crippen LogP contribution in [0.5, 0.6) is 0 Å². The number of carbonyl (C=O) groups excluding carboxylic acids is 2. The Labute approximate surface area is 156 Å². The van der Waals surface area contributed by atoms with E-state index in [9.17, 15) is 0 Å². The molecule has 0 amide bonds. The van der Waals surface area contributed by atoms with Gasteiger partial charge in [-0.2, -0.15) is 0 Å². The number of hydrogen-bond acceptors (Lipinski definition) is 6. The van der Waals surface area contributed by atoms with Gasteiger partial charge in [0.05, 0.1) is 0 Å². The molecule has 0 heterocycles. The van der Waals surface area contributed by atoms with Crippen molar-refractivity contribution in [2.45, 2.75) is 11.5 Å². The van der Waals surface area contributed by atoms with Crippen molar-refractivity contribution in [2.24, 2.45) is 0 Å². The van der Waals surface area contributed by atoms with Crippen molar-refractivity contribution in [2.75, 3.05) is 0 Å². The zero-order valence-electron chi connectivity index (χ0n) is 12.5. The van der Waals surface area contributed by atoms with Crippen molar-refractivity contribution < 1.29 is 39.3 Å². The summed E-state index contributed by atoms with van der Waals surface area (Å²) in [6, 6.07) is 21.2. The van der Waals surface area contributed by atoms with Gasteiger partial charge in [-0.25, -0.2) is 0 Å². The minimum absolute atomic E-state index is 0. The predicted molar refractivity (Wildman–Crippen MR) is 87.6 cm³/mol. The third-order valence-electron chi connectivity index (χ3n) is 2.22. The molecule has 0 fully saturated rings. The monoisotopic (exact) mass is 400 g/mol. The van der Waals surface area contributed by atoms with Crippen LogP contribution >= 0.6 is 21.6 Å². The number of carbonyl (C=O) groups is 2. The van der Waals surface area contributed by atoms with Crippen LogP contribution in [0.1, 0.15) is 11.1 Å². The second-order valence-electron chi connectivity index (χ2n) is 3.69. The van der Waals surface area contributed by atoms with E-state index >= 15 is 0 Å². The first-order valence-corrected chi connectivity index (χ1v) is 8.70. The van der Waals surface area contributed by atoms with Gasteiger partial charge >= 0.3 is 19.5 Å². The molecule has 23 heavy (non-hydrogen) atoms. The van der Waals surface area contributed by atoms with Crippen LogP contribution in [-0.4, -0.2) is 12.9 Å². The van der Waals surface area contributed by atoms with E-state index in [4.69, 9.17) is 19.8 Å². The Kier molecular flexibility index (Phi) is 19.5. The predicted octanol–water partition coefficient (Wildman–Crippen LogP) is 1.50. The second kappa shape index (κ2) is 18.8. The van der Waals surface area contributed by atoms with Crippen LogP contribution in [0.25, 0.3) is 0 Å². The van der Waals surface area contributed by atoms with Crippen LogP contribution in [0.15, 0.2) is 60.7 Å². The van der Waals surface area contributed by atoms with Crippen molar-refractivity contribution >= 4 is 34.5 Å². The molecule has 0 saturated heterocycles. The zero-order chi connectivity index (χ0) is 16.5. The number of hydrogen-bond donors (Lipinski definition) is 0. The number of carboxylic acid groups (broad SMARTS) is 2. The normalized spacial score (nSPS) is 8.17. The fraction of sp³-hybridized carbons (Fsp3) is 0.125. The molecular formula is C16H16O4S2Zn. The van der Waals surface area contributed by atoms with Crippen molar-refractivity contribution in [3.63, 3.8) is 0 Å². The van der Waals surface area contributed by atoms with Crippen molar-refractivity contribution in [1.82, 2.24) is 0 Å². The summed E-state index contributed by atoms with van der Waals surface area (Å²) in [6.45, 7) is -1.00. The SMILES string of the molecule is O=C[O-].O=C[O-].[Zn+2].c1ccc(CSSCc2ccccc2)cc1. The van der Waals surface area contributed by atoms with Gasteiger partial charge in [-0.1, -0.05) is 82.3 Å². The van der Waals surface area contributed by atoms with Gasteiger partial charge in [0.25, 0.3) is 0 Å². The minimum Gasteiger partial charge on any atom is -0.554 e. The molecule has 0 radical (unpaired) electrons. The first-order chi connectivity index (χ1) is 10.8. The molecular weight excluding hydrogens is 386 g/mol. The fourth-order valence-corrected chi connectivity index (χ4v) is 3.51. The van der Waals surface area contributed by atoms with E-state index < -0.39 is 12.9 Å². The average molecular weight is 402 g/mol. The average Bonchev–Trinajstić information content (AvgIpc) is 2.55. The summed E-state index contributed by atoms with van der Waals surface area (Å²) >= 11 is 0. The maximum Gasteiger partial charge on any atom is 2.00 e. The Balaban J connectivity index is 0. The summed E-state index contributed by atoms with van der Waals surface area (Å²) in [5.74, 6) is 2.16. The molecule has 0 bridgehead atoms. The van der Waals surface area contributed by atoms with E-state index in [1.165, 1.54) is 11.1 Å². The molecule has 2 aromatic carbocycles. The van der Waals surface area contributed by atoms with Gasteiger partial charge in [0.15, 0.2) is 0 Å². The fourth-order valence-electron chi connectivity index (χ4n) is 1.37. The van der Waals surface area contributed by atoms with Crippen LogP contribution in [0.2, 0.25) is 0 Å².